The molecule has 4 rings (SSSR count). The Morgan fingerprint density at radius 3 is 2.62 bits per heavy atom. The maximum atomic E-state index is 12.2. The van der Waals surface area contributed by atoms with E-state index in [9.17, 15) is 4.79 Å². The first kappa shape index (κ1) is 16.4. The predicted molar refractivity (Wildman–Crippen MR) is 105 cm³/mol. The number of aromatic nitrogens is 1. The van der Waals surface area contributed by atoms with Crippen LogP contribution in [0.1, 0.15) is 0 Å². The number of hydrogen-bond acceptors (Lipinski definition) is 4. The zero-order chi connectivity index (χ0) is 17.8. The van der Waals surface area contributed by atoms with E-state index in [0.29, 0.717) is 11.6 Å². The zero-order valence-corrected chi connectivity index (χ0v) is 14.7. The van der Waals surface area contributed by atoms with Crippen molar-refractivity contribution in [3.8, 4) is 11.5 Å². The highest BCUT2D eigenvalue weighted by molar-refractivity contribution is 8.00. The SMILES string of the molecule is O=C(CSc1ccccc1)Nc1cccc(-c2nc3ccccc3o2)c1. The zero-order valence-electron chi connectivity index (χ0n) is 13.9. The van der Waals surface area contributed by atoms with Gasteiger partial charge < -0.3 is 9.73 Å². The lowest BCUT2D eigenvalue weighted by Gasteiger charge is -2.06. The van der Waals surface area contributed by atoms with Gasteiger partial charge in [0.05, 0.1) is 5.75 Å². The van der Waals surface area contributed by atoms with Gasteiger partial charge in [-0.3, -0.25) is 4.79 Å². The molecule has 0 aliphatic carbocycles. The number of carbonyl (C=O) groups is 1. The van der Waals surface area contributed by atoms with Crippen LogP contribution in [0.5, 0.6) is 0 Å². The van der Waals surface area contributed by atoms with Crippen LogP contribution in [0.15, 0.2) is 88.2 Å². The average Bonchev–Trinajstić information content (AvgIpc) is 3.12. The largest absolute Gasteiger partial charge is 0.436 e. The van der Waals surface area contributed by atoms with Crippen molar-refractivity contribution < 1.29 is 9.21 Å². The molecule has 0 aliphatic heterocycles. The van der Waals surface area contributed by atoms with Crippen molar-refractivity contribution in [3.63, 3.8) is 0 Å². The van der Waals surface area contributed by atoms with Crippen LogP contribution in [0.4, 0.5) is 5.69 Å². The van der Waals surface area contributed by atoms with Gasteiger partial charge in [-0.25, -0.2) is 4.98 Å². The van der Waals surface area contributed by atoms with Crippen LogP contribution in [0, 0.1) is 0 Å². The van der Waals surface area contributed by atoms with Gasteiger partial charge in [-0.05, 0) is 42.5 Å². The van der Waals surface area contributed by atoms with Gasteiger partial charge in [0.2, 0.25) is 11.8 Å². The fourth-order valence-corrected chi connectivity index (χ4v) is 3.31. The molecule has 4 nitrogen and oxygen atoms in total. The van der Waals surface area contributed by atoms with Crippen molar-refractivity contribution in [2.24, 2.45) is 0 Å². The van der Waals surface area contributed by atoms with Crippen molar-refractivity contribution in [1.29, 1.82) is 0 Å². The third-order valence-electron chi connectivity index (χ3n) is 3.80. The number of oxazole rings is 1. The third-order valence-corrected chi connectivity index (χ3v) is 4.81. The number of amides is 1. The smallest absolute Gasteiger partial charge is 0.234 e. The van der Waals surface area contributed by atoms with Crippen molar-refractivity contribution in [1.82, 2.24) is 4.98 Å². The fraction of sp³-hybridized carbons (Fsp3) is 0.0476. The molecule has 1 aromatic heterocycles. The molecule has 128 valence electrons. The minimum absolute atomic E-state index is 0.0476. The molecule has 1 heterocycles. The number of nitrogens with one attached hydrogen (secondary N) is 1. The minimum Gasteiger partial charge on any atom is -0.436 e. The summed E-state index contributed by atoms with van der Waals surface area (Å²) in [4.78, 5) is 17.8. The number of rotatable bonds is 5. The number of fused-ring (bicyclic) bond motifs is 1. The van der Waals surface area contributed by atoms with E-state index in [1.165, 1.54) is 11.8 Å². The lowest BCUT2D eigenvalue weighted by atomic mass is 10.2. The third kappa shape index (κ3) is 3.78. The van der Waals surface area contributed by atoms with Crippen LogP contribution < -0.4 is 5.32 Å². The fourth-order valence-electron chi connectivity index (χ4n) is 2.59. The van der Waals surface area contributed by atoms with E-state index in [0.717, 1.165) is 27.2 Å². The topological polar surface area (TPSA) is 55.1 Å². The molecule has 0 bridgehead atoms. The molecule has 0 saturated heterocycles. The van der Waals surface area contributed by atoms with Crippen LogP contribution in [-0.2, 0) is 4.79 Å². The Kier molecular flexibility index (Phi) is 4.71. The molecular weight excluding hydrogens is 344 g/mol. The summed E-state index contributed by atoms with van der Waals surface area (Å²) >= 11 is 1.51. The monoisotopic (exact) mass is 360 g/mol. The number of benzene rings is 3. The van der Waals surface area contributed by atoms with Gasteiger partial charge in [0.25, 0.3) is 0 Å². The molecule has 1 N–H and O–H groups in total. The van der Waals surface area contributed by atoms with E-state index in [1.807, 2.05) is 78.9 Å². The van der Waals surface area contributed by atoms with Gasteiger partial charge >= 0.3 is 0 Å². The van der Waals surface area contributed by atoms with E-state index in [-0.39, 0.29) is 5.91 Å². The summed E-state index contributed by atoms with van der Waals surface area (Å²) in [6.07, 6.45) is 0. The normalized spacial score (nSPS) is 10.8. The maximum Gasteiger partial charge on any atom is 0.234 e. The molecule has 5 heteroatoms. The Morgan fingerprint density at radius 1 is 0.962 bits per heavy atom. The highest BCUT2D eigenvalue weighted by atomic mass is 32.2. The van der Waals surface area contributed by atoms with Gasteiger partial charge in [-0.2, -0.15) is 0 Å². The van der Waals surface area contributed by atoms with E-state index in [4.69, 9.17) is 4.42 Å². The summed E-state index contributed by atoms with van der Waals surface area (Å²) in [5, 5.41) is 2.93. The second kappa shape index (κ2) is 7.45. The number of nitrogens with zero attached hydrogens (tertiary/aromatic N) is 1. The van der Waals surface area contributed by atoms with Crippen LogP contribution in [-0.4, -0.2) is 16.6 Å². The molecule has 0 saturated carbocycles. The number of carbonyl (C=O) groups excluding carboxylic acids is 1. The van der Waals surface area contributed by atoms with E-state index >= 15 is 0 Å². The Balaban J connectivity index is 1.46. The molecule has 0 spiro atoms. The van der Waals surface area contributed by atoms with Crippen LogP contribution in [0.25, 0.3) is 22.6 Å². The molecule has 3 aromatic carbocycles. The standard InChI is InChI=1S/C21H16N2O2S/c24-20(14-26-17-9-2-1-3-10-17)22-16-8-6-7-15(13-16)21-23-18-11-4-5-12-19(18)25-21/h1-13H,14H2,(H,22,24). The molecule has 0 aliphatic rings. The highest BCUT2D eigenvalue weighted by Crippen LogP contribution is 2.26. The molecule has 0 radical (unpaired) electrons. The molecule has 0 fully saturated rings. The van der Waals surface area contributed by atoms with Crippen molar-refractivity contribution >= 4 is 34.5 Å². The Bertz CT molecular complexity index is 1010. The number of para-hydroxylation sites is 2. The summed E-state index contributed by atoms with van der Waals surface area (Å²) < 4.78 is 5.79. The van der Waals surface area contributed by atoms with E-state index in [2.05, 4.69) is 10.3 Å². The van der Waals surface area contributed by atoms with Gasteiger partial charge in [-0.15, -0.1) is 11.8 Å². The van der Waals surface area contributed by atoms with Gasteiger partial charge in [0.1, 0.15) is 5.52 Å². The molecule has 4 aromatic rings. The Morgan fingerprint density at radius 2 is 1.77 bits per heavy atom. The minimum atomic E-state index is -0.0476. The Hall–Kier alpha value is -3.05. The predicted octanol–water partition coefficient (Wildman–Crippen LogP) is 5.23. The van der Waals surface area contributed by atoms with Gasteiger partial charge in [-0.1, -0.05) is 36.4 Å². The van der Waals surface area contributed by atoms with E-state index in [1.54, 1.807) is 0 Å². The molecular formula is C21H16N2O2S. The molecule has 0 atom stereocenters. The highest BCUT2D eigenvalue weighted by Gasteiger charge is 2.09. The average molecular weight is 360 g/mol. The van der Waals surface area contributed by atoms with E-state index < -0.39 is 0 Å². The van der Waals surface area contributed by atoms with Crippen LogP contribution in [0.3, 0.4) is 0 Å². The second-order valence-electron chi connectivity index (χ2n) is 5.72. The summed E-state index contributed by atoms with van der Waals surface area (Å²) in [7, 11) is 0. The number of anilines is 1. The molecule has 26 heavy (non-hydrogen) atoms. The first-order valence-electron chi connectivity index (χ1n) is 8.22. The Labute approximate surface area is 155 Å². The summed E-state index contributed by atoms with van der Waals surface area (Å²) in [5.41, 5.74) is 3.12. The quantitative estimate of drug-likeness (QED) is 0.495. The summed E-state index contributed by atoms with van der Waals surface area (Å²) in [5.74, 6) is 0.853. The number of hydrogen-bond donors (Lipinski definition) is 1. The second-order valence-corrected chi connectivity index (χ2v) is 6.77. The van der Waals surface area contributed by atoms with Crippen molar-refractivity contribution in [3.05, 3.63) is 78.9 Å². The van der Waals surface area contributed by atoms with Crippen LogP contribution in [0.2, 0.25) is 0 Å². The first-order chi connectivity index (χ1) is 12.8. The maximum absolute atomic E-state index is 12.2. The van der Waals surface area contributed by atoms with Crippen molar-refractivity contribution in [2.45, 2.75) is 4.90 Å². The van der Waals surface area contributed by atoms with Crippen molar-refractivity contribution in [2.75, 3.05) is 11.1 Å². The lowest BCUT2D eigenvalue weighted by Crippen LogP contribution is -2.13. The number of thioether (sulfide) groups is 1. The molecule has 0 unspecified atom stereocenters. The summed E-state index contributed by atoms with van der Waals surface area (Å²) in [6.45, 7) is 0. The molecule has 1 amide bonds. The van der Waals surface area contributed by atoms with Gasteiger partial charge in [0, 0.05) is 16.1 Å². The summed E-state index contributed by atoms with van der Waals surface area (Å²) in [6, 6.07) is 25.0. The first-order valence-corrected chi connectivity index (χ1v) is 9.20. The van der Waals surface area contributed by atoms with Crippen LogP contribution >= 0.6 is 11.8 Å². The lowest BCUT2D eigenvalue weighted by molar-refractivity contribution is -0.113. The van der Waals surface area contributed by atoms with Gasteiger partial charge in [0.15, 0.2) is 5.58 Å².